The van der Waals surface area contributed by atoms with Crippen molar-refractivity contribution in [3.8, 4) is 5.69 Å². The number of nitrogens with two attached hydrogens (primary N) is 2. The van der Waals surface area contributed by atoms with E-state index in [1.54, 1.807) is 36.8 Å². The standard InChI is InChI=1S/C26H38N8O3/c1-18-16-34(21-6-4-19(5-7-21)17-31-10-8-20(27)9-11-31)25(37)30-22(18)29-24(36)33-14-12-32(13-15-33)23(35)26(2,3)28/h4-7,16,20H,8-15,17,27-28H2,1-3H3,(H,29,30,36,37). The molecule has 0 saturated carbocycles. The highest BCUT2D eigenvalue weighted by molar-refractivity contribution is 5.89. The van der Waals surface area contributed by atoms with Crippen molar-refractivity contribution in [1.82, 2.24) is 24.3 Å². The molecule has 0 unspecified atom stereocenters. The van der Waals surface area contributed by atoms with Crippen LogP contribution in [0.1, 0.15) is 37.8 Å². The molecule has 3 amide bonds. The van der Waals surface area contributed by atoms with E-state index in [-0.39, 0.29) is 17.8 Å². The Morgan fingerprint density at radius 3 is 2.22 bits per heavy atom. The molecule has 2 aromatic rings. The molecule has 11 heteroatoms. The molecule has 0 radical (unpaired) electrons. The number of nitrogens with zero attached hydrogens (tertiary/aromatic N) is 5. The molecular formula is C26H38N8O3. The number of amides is 3. The Morgan fingerprint density at radius 1 is 1.03 bits per heavy atom. The number of hydrogen-bond donors (Lipinski definition) is 3. The molecule has 4 rings (SSSR count). The summed E-state index contributed by atoms with van der Waals surface area (Å²) in [6.07, 6.45) is 3.72. The molecule has 0 bridgehead atoms. The second-order valence-electron chi connectivity index (χ2n) is 10.6. The highest BCUT2D eigenvalue weighted by atomic mass is 16.2. The Hall–Kier alpha value is -3.28. The highest BCUT2D eigenvalue weighted by Crippen LogP contribution is 2.17. The molecule has 2 aliphatic heterocycles. The maximum absolute atomic E-state index is 12.8. The summed E-state index contributed by atoms with van der Waals surface area (Å²) in [5, 5.41) is 2.75. The van der Waals surface area contributed by atoms with Gasteiger partial charge in [0.15, 0.2) is 0 Å². The summed E-state index contributed by atoms with van der Waals surface area (Å²) < 4.78 is 1.48. The number of carbonyl (C=O) groups excluding carboxylic acids is 2. The first kappa shape index (κ1) is 26.8. The van der Waals surface area contributed by atoms with Gasteiger partial charge in [0.1, 0.15) is 5.82 Å². The number of hydrogen-bond acceptors (Lipinski definition) is 7. The van der Waals surface area contributed by atoms with Crippen LogP contribution in [0.5, 0.6) is 0 Å². The predicted molar refractivity (Wildman–Crippen MR) is 142 cm³/mol. The summed E-state index contributed by atoms with van der Waals surface area (Å²) in [6.45, 7) is 9.56. The van der Waals surface area contributed by atoms with Gasteiger partial charge in [-0.1, -0.05) is 12.1 Å². The van der Waals surface area contributed by atoms with E-state index >= 15 is 0 Å². The molecule has 1 aromatic heterocycles. The van der Waals surface area contributed by atoms with Crippen LogP contribution < -0.4 is 22.5 Å². The number of aryl methyl sites for hydroxylation is 1. The van der Waals surface area contributed by atoms with Gasteiger partial charge >= 0.3 is 11.7 Å². The van der Waals surface area contributed by atoms with E-state index in [0.717, 1.165) is 32.5 Å². The topological polar surface area (TPSA) is 143 Å². The molecule has 0 atom stereocenters. The van der Waals surface area contributed by atoms with Crippen molar-refractivity contribution in [2.75, 3.05) is 44.6 Å². The molecule has 0 spiro atoms. The van der Waals surface area contributed by atoms with Gasteiger partial charge in [-0.2, -0.15) is 4.98 Å². The Bertz CT molecular complexity index is 1170. The van der Waals surface area contributed by atoms with E-state index in [4.69, 9.17) is 11.5 Å². The van der Waals surface area contributed by atoms with Crippen LogP contribution in [0.15, 0.2) is 35.3 Å². The van der Waals surface area contributed by atoms with Gasteiger partial charge in [0.2, 0.25) is 5.91 Å². The number of benzene rings is 1. The van der Waals surface area contributed by atoms with Crippen LogP contribution in [-0.4, -0.2) is 87.0 Å². The molecular weight excluding hydrogens is 472 g/mol. The van der Waals surface area contributed by atoms with Crippen molar-refractivity contribution in [3.63, 3.8) is 0 Å². The summed E-state index contributed by atoms with van der Waals surface area (Å²) in [6, 6.07) is 7.83. The van der Waals surface area contributed by atoms with Gasteiger partial charge in [-0.15, -0.1) is 0 Å². The van der Waals surface area contributed by atoms with Crippen molar-refractivity contribution in [1.29, 1.82) is 0 Å². The SMILES string of the molecule is Cc1cn(-c2ccc(CN3CCC(N)CC3)cc2)c(=O)nc1NC(=O)N1CCN(C(=O)C(C)(C)N)CC1. The van der Waals surface area contributed by atoms with Crippen LogP contribution >= 0.6 is 0 Å². The molecule has 1 aromatic carbocycles. The van der Waals surface area contributed by atoms with Crippen molar-refractivity contribution in [3.05, 3.63) is 52.1 Å². The van der Waals surface area contributed by atoms with Crippen LogP contribution in [0.4, 0.5) is 10.6 Å². The van der Waals surface area contributed by atoms with E-state index in [1.807, 2.05) is 24.3 Å². The fraction of sp³-hybridized carbons (Fsp3) is 0.538. The van der Waals surface area contributed by atoms with Gasteiger partial charge in [-0.25, -0.2) is 9.59 Å². The van der Waals surface area contributed by atoms with Gasteiger partial charge in [-0.3, -0.25) is 19.6 Å². The lowest BCUT2D eigenvalue weighted by Gasteiger charge is -2.37. The van der Waals surface area contributed by atoms with E-state index in [9.17, 15) is 14.4 Å². The monoisotopic (exact) mass is 510 g/mol. The van der Waals surface area contributed by atoms with Crippen LogP contribution in [0.25, 0.3) is 5.69 Å². The Labute approximate surface area is 217 Å². The number of piperidine rings is 1. The summed E-state index contributed by atoms with van der Waals surface area (Å²) in [4.78, 5) is 47.8. The predicted octanol–water partition coefficient (Wildman–Crippen LogP) is 0.877. The lowest BCUT2D eigenvalue weighted by molar-refractivity contribution is -0.137. The summed E-state index contributed by atoms with van der Waals surface area (Å²) >= 11 is 0. The third-order valence-corrected chi connectivity index (χ3v) is 6.99. The van der Waals surface area contributed by atoms with Crippen molar-refractivity contribution < 1.29 is 9.59 Å². The first-order valence-electron chi connectivity index (χ1n) is 12.8. The molecule has 2 aliphatic rings. The number of rotatable bonds is 5. The van der Waals surface area contributed by atoms with Gasteiger partial charge in [0, 0.05) is 50.5 Å². The average molecular weight is 511 g/mol. The molecule has 2 fully saturated rings. The highest BCUT2D eigenvalue weighted by Gasteiger charge is 2.31. The zero-order valence-electron chi connectivity index (χ0n) is 21.9. The smallest absolute Gasteiger partial charge is 0.338 e. The van der Waals surface area contributed by atoms with Crippen LogP contribution in [-0.2, 0) is 11.3 Å². The molecule has 37 heavy (non-hydrogen) atoms. The second-order valence-corrected chi connectivity index (χ2v) is 10.6. The summed E-state index contributed by atoms with van der Waals surface area (Å²) in [5.74, 6) is 0.0886. The summed E-state index contributed by atoms with van der Waals surface area (Å²) in [7, 11) is 0. The Morgan fingerprint density at radius 2 is 1.62 bits per heavy atom. The Balaban J connectivity index is 1.37. The molecule has 11 nitrogen and oxygen atoms in total. The third kappa shape index (κ3) is 6.54. The number of carbonyl (C=O) groups is 2. The first-order valence-corrected chi connectivity index (χ1v) is 12.8. The van der Waals surface area contributed by atoms with Gasteiger partial charge in [-0.05, 0) is 64.4 Å². The lowest BCUT2D eigenvalue weighted by atomic mass is 10.1. The molecule has 5 N–H and O–H groups in total. The van der Waals surface area contributed by atoms with Crippen molar-refractivity contribution >= 4 is 17.8 Å². The number of nitrogens with one attached hydrogen (secondary N) is 1. The number of anilines is 1. The molecule has 0 aliphatic carbocycles. The maximum atomic E-state index is 12.8. The van der Waals surface area contributed by atoms with Gasteiger partial charge in [0.25, 0.3) is 0 Å². The summed E-state index contributed by atoms with van der Waals surface area (Å²) in [5.41, 5.74) is 13.0. The van der Waals surface area contributed by atoms with Crippen LogP contribution in [0.3, 0.4) is 0 Å². The minimum Gasteiger partial charge on any atom is -0.338 e. The van der Waals surface area contributed by atoms with Crippen LogP contribution in [0.2, 0.25) is 0 Å². The van der Waals surface area contributed by atoms with Crippen molar-refractivity contribution in [2.24, 2.45) is 11.5 Å². The normalized spacial score (nSPS) is 17.6. The Kier molecular flexibility index (Phi) is 7.96. The zero-order valence-corrected chi connectivity index (χ0v) is 21.9. The molecule has 3 heterocycles. The third-order valence-electron chi connectivity index (χ3n) is 6.99. The largest absolute Gasteiger partial charge is 0.354 e. The molecule has 200 valence electrons. The van der Waals surface area contributed by atoms with E-state index < -0.39 is 11.2 Å². The second kappa shape index (κ2) is 11.0. The lowest BCUT2D eigenvalue weighted by Crippen LogP contribution is -2.58. The molecule has 2 saturated heterocycles. The minimum absolute atomic E-state index is 0.141. The number of urea groups is 1. The first-order chi connectivity index (χ1) is 17.5. The van der Waals surface area contributed by atoms with Crippen molar-refractivity contribution in [2.45, 2.75) is 51.7 Å². The van der Waals surface area contributed by atoms with Gasteiger partial charge in [0.05, 0.1) is 11.2 Å². The zero-order chi connectivity index (χ0) is 26.7. The van der Waals surface area contributed by atoms with E-state index in [2.05, 4.69) is 15.2 Å². The fourth-order valence-corrected chi connectivity index (χ4v) is 4.69. The minimum atomic E-state index is -0.947. The maximum Gasteiger partial charge on any atom is 0.354 e. The van der Waals surface area contributed by atoms with Crippen LogP contribution in [0, 0.1) is 6.92 Å². The number of piperazine rings is 1. The number of likely N-dealkylation sites (tertiary alicyclic amines) is 1. The van der Waals surface area contributed by atoms with E-state index in [1.165, 1.54) is 10.1 Å². The number of aromatic nitrogens is 2. The quantitative estimate of drug-likeness (QED) is 0.542. The van der Waals surface area contributed by atoms with E-state index in [0.29, 0.717) is 43.5 Å². The fourth-order valence-electron chi connectivity index (χ4n) is 4.69. The van der Waals surface area contributed by atoms with Gasteiger partial charge < -0.3 is 21.3 Å². The average Bonchev–Trinajstić information content (AvgIpc) is 2.87.